The Balaban J connectivity index is 0.00000176. The third-order valence-corrected chi connectivity index (χ3v) is 6.72. The number of nitrogens with one attached hydrogen (secondary N) is 1. The second kappa shape index (κ2) is 13.8. The minimum Gasteiger partial charge on any atom is -0.382 e. The van der Waals surface area contributed by atoms with Crippen LogP contribution in [0.3, 0.4) is 0 Å². The van der Waals surface area contributed by atoms with Crippen LogP contribution in [0.1, 0.15) is 57.9 Å². The van der Waals surface area contributed by atoms with Crippen molar-refractivity contribution in [2.24, 2.45) is 0 Å². The number of anilines is 2. The van der Waals surface area contributed by atoms with Gasteiger partial charge in [-0.3, -0.25) is 4.79 Å². The molecule has 32 heavy (non-hydrogen) atoms. The number of amides is 1. The summed E-state index contributed by atoms with van der Waals surface area (Å²) < 4.78 is 24.9. The van der Waals surface area contributed by atoms with Gasteiger partial charge in [0.15, 0.2) is 0 Å². The Bertz CT molecular complexity index is 687. The number of halogens is 1. The third kappa shape index (κ3) is 7.15. The lowest BCUT2D eigenvalue weighted by atomic mass is 9.90. The summed E-state index contributed by atoms with van der Waals surface area (Å²) in [6, 6.07) is 4.28. The van der Waals surface area contributed by atoms with E-state index >= 15 is 0 Å². The number of hydrogen-bond donors (Lipinski definition) is 1. The number of nitrogens with zero attached hydrogens (tertiary/aromatic N) is 2. The van der Waals surface area contributed by atoms with E-state index in [1.165, 1.54) is 18.9 Å². The standard InChI is InChI=1S/C23H36FN3O3.C2H6/c1-17-14-23(22(25-16-28)15-21(17)24)26(2)18-8-10-27(11-9-18)19-4-6-20(7-5-19)30-13-12-29-3;1-2/h14-16,18-20H,4-13H2,1-3H3,(H,25,28);1-2H3. The number of ether oxygens (including phenoxy) is 2. The van der Waals surface area contributed by atoms with E-state index in [1.54, 1.807) is 14.0 Å². The second-order valence-corrected chi connectivity index (χ2v) is 8.55. The largest absolute Gasteiger partial charge is 0.382 e. The molecule has 0 radical (unpaired) electrons. The first-order valence-corrected chi connectivity index (χ1v) is 12.1. The van der Waals surface area contributed by atoms with Crippen molar-refractivity contribution in [3.63, 3.8) is 0 Å². The molecule has 1 aliphatic carbocycles. The van der Waals surface area contributed by atoms with E-state index in [0.717, 1.165) is 44.5 Å². The summed E-state index contributed by atoms with van der Waals surface area (Å²) >= 11 is 0. The Morgan fingerprint density at radius 1 is 1.12 bits per heavy atom. The van der Waals surface area contributed by atoms with Crippen LogP contribution in [0, 0.1) is 12.7 Å². The van der Waals surface area contributed by atoms with Crippen LogP contribution < -0.4 is 10.2 Å². The predicted octanol–water partition coefficient (Wildman–Crippen LogP) is 4.60. The summed E-state index contributed by atoms with van der Waals surface area (Å²) in [4.78, 5) is 15.8. The van der Waals surface area contributed by atoms with Crippen molar-refractivity contribution < 1.29 is 18.7 Å². The number of hydrogen-bond acceptors (Lipinski definition) is 5. The van der Waals surface area contributed by atoms with Crippen molar-refractivity contribution in [1.29, 1.82) is 0 Å². The van der Waals surface area contributed by atoms with E-state index in [2.05, 4.69) is 15.1 Å². The number of carbonyl (C=O) groups excluding carboxylic acids is 1. The molecule has 0 unspecified atom stereocenters. The molecule has 1 aromatic rings. The van der Waals surface area contributed by atoms with Crippen LogP contribution in [0.4, 0.5) is 15.8 Å². The normalized spacial score (nSPS) is 22.1. The fourth-order valence-corrected chi connectivity index (χ4v) is 4.85. The molecule has 0 bridgehead atoms. The molecule has 1 amide bonds. The quantitative estimate of drug-likeness (QED) is 0.439. The number of carbonyl (C=O) groups is 1. The molecule has 6 nitrogen and oxygen atoms in total. The van der Waals surface area contributed by atoms with E-state index in [1.807, 2.05) is 27.0 Å². The molecular weight excluding hydrogens is 409 g/mol. The lowest BCUT2D eigenvalue weighted by molar-refractivity contribution is -0.105. The van der Waals surface area contributed by atoms with Crippen molar-refractivity contribution in [3.8, 4) is 0 Å². The van der Waals surface area contributed by atoms with Crippen LogP contribution in [0.25, 0.3) is 0 Å². The van der Waals surface area contributed by atoms with Gasteiger partial charge in [-0.1, -0.05) is 13.8 Å². The monoisotopic (exact) mass is 451 g/mol. The van der Waals surface area contributed by atoms with Crippen LogP contribution in [0.5, 0.6) is 0 Å². The Morgan fingerprint density at radius 3 is 2.38 bits per heavy atom. The van der Waals surface area contributed by atoms with E-state index in [9.17, 15) is 9.18 Å². The van der Waals surface area contributed by atoms with E-state index in [4.69, 9.17) is 9.47 Å². The summed E-state index contributed by atoms with van der Waals surface area (Å²) in [5.41, 5.74) is 2.01. The van der Waals surface area contributed by atoms with Gasteiger partial charge in [-0.05, 0) is 63.1 Å². The number of likely N-dealkylation sites (tertiary alicyclic amines) is 1. The van der Waals surface area contributed by atoms with Crippen molar-refractivity contribution in [1.82, 2.24) is 4.90 Å². The molecule has 2 aliphatic rings. The first-order valence-electron chi connectivity index (χ1n) is 12.1. The van der Waals surface area contributed by atoms with Gasteiger partial charge in [0.2, 0.25) is 6.41 Å². The van der Waals surface area contributed by atoms with Crippen LogP contribution in [-0.4, -0.2) is 70.0 Å². The van der Waals surface area contributed by atoms with Crippen molar-refractivity contribution in [3.05, 3.63) is 23.5 Å². The van der Waals surface area contributed by atoms with Crippen molar-refractivity contribution >= 4 is 17.8 Å². The minimum absolute atomic E-state index is 0.298. The maximum absolute atomic E-state index is 14.0. The van der Waals surface area contributed by atoms with Gasteiger partial charge in [-0.2, -0.15) is 0 Å². The second-order valence-electron chi connectivity index (χ2n) is 8.55. The summed E-state index contributed by atoms with van der Waals surface area (Å²) in [7, 11) is 3.75. The highest BCUT2D eigenvalue weighted by Gasteiger charge is 2.31. The molecule has 1 N–H and O–H groups in total. The third-order valence-electron chi connectivity index (χ3n) is 6.72. The molecule has 2 fully saturated rings. The smallest absolute Gasteiger partial charge is 0.211 e. The molecule has 0 spiro atoms. The average Bonchev–Trinajstić information content (AvgIpc) is 2.83. The molecule has 1 aliphatic heterocycles. The van der Waals surface area contributed by atoms with Crippen LogP contribution >= 0.6 is 0 Å². The average molecular weight is 452 g/mol. The molecule has 1 heterocycles. The summed E-state index contributed by atoms with van der Waals surface area (Å²) in [5.74, 6) is -0.298. The van der Waals surface area contributed by atoms with Gasteiger partial charge in [0.1, 0.15) is 5.82 Å². The molecule has 0 aromatic heterocycles. The van der Waals surface area contributed by atoms with Gasteiger partial charge in [0.25, 0.3) is 0 Å². The zero-order valence-corrected chi connectivity index (χ0v) is 20.5. The lowest BCUT2D eigenvalue weighted by Crippen LogP contribution is -2.48. The molecule has 3 rings (SSSR count). The van der Waals surface area contributed by atoms with Crippen molar-refractivity contribution in [2.45, 2.75) is 77.5 Å². The minimum atomic E-state index is -0.298. The van der Waals surface area contributed by atoms with Gasteiger partial charge in [0.05, 0.1) is 30.7 Å². The number of aryl methyl sites for hydroxylation is 1. The summed E-state index contributed by atoms with van der Waals surface area (Å²) in [6.07, 6.45) is 7.78. The van der Waals surface area contributed by atoms with E-state index in [0.29, 0.717) is 49.1 Å². The van der Waals surface area contributed by atoms with Gasteiger partial charge in [-0.25, -0.2) is 4.39 Å². The summed E-state index contributed by atoms with van der Waals surface area (Å²) in [6.45, 7) is 9.26. The Morgan fingerprint density at radius 2 is 1.78 bits per heavy atom. The highest BCUT2D eigenvalue weighted by Crippen LogP contribution is 2.33. The number of methoxy groups -OCH3 is 1. The van der Waals surface area contributed by atoms with E-state index in [-0.39, 0.29) is 5.82 Å². The van der Waals surface area contributed by atoms with Crippen LogP contribution in [0.15, 0.2) is 12.1 Å². The van der Waals surface area contributed by atoms with Crippen LogP contribution in [0.2, 0.25) is 0 Å². The number of benzene rings is 1. The fourth-order valence-electron chi connectivity index (χ4n) is 4.85. The molecule has 7 heteroatoms. The Labute approximate surface area is 193 Å². The molecule has 182 valence electrons. The first-order chi connectivity index (χ1) is 15.5. The van der Waals surface area contributed by atoms with Gasteiger partial charge in [-0.15, -0.1) is 0 Å². The molecular formula is C25H42FN3O3. The molecule has 1 saturated heterocycles. The molecule has 1 aromatic carbocycles. The van der Waals surface area contributed by atoms with Crippen molar-refractivity contribution in [2.75, 3.05) is 50.7 Å². The first kappa shape index (κ1) is 26.6. The Hall–Kier alpha value is -1.70. The summed E-state index contributed by atoms with van der Waals surface area (Å²) in [5, 5.41) is 2.65. The molecule has 1 saturated carbocycles. The lowest BCUT2D eigenvalue weighted by Gasteiger charge is -2.43. The highest BCUT2D eigenvalue weighted by molar-refractivity contribution is 5.82. The highest BCUT2D eigenvalue weighted by atomic mass is 19.1. The Kier molecular flexibility index (Phi) is 11.4. The topological polar surface area (TPSA) is 54.0 Å². The predicted molar refractivity (Wildman–Crippen MR) is 129 cm³/mol. The van der Waals surface area contributed by atoms with Gasteiger partial charge in [0, 0.05) is 39.3 Å². The SMILES string of the molecule is CC.COCCOC1CCC(N2CCC(N(C)c3cc(C)c(F)cc3NC=O)CC2)CC1. The number of piperidine rings is 1. The van der Waals surface area contributed by atoms with Crippen LogP contribution in [-0.2, 0) is 14.3 Å². The van der Waals surface area contributed by atoms with E-state index < -0.39 is 0 Å². The maximum atomic E-state index is 14.0. The zero-order chi connectivity index (χ0) is 23.5. The number of rotatable bonds is 9. The fraction of sp³-hybridized carbons (Fsp3) is 0.720. The maximum Gasteiger partial charge on any atom is 0.211 e. The molecule has 0 atom stereocenters. The van der Waals surface area contributed by atoms with Gasteiger partial charge >= 0.3 is 0 Å². The van der Waals surface area contributed by atoms with Gasteiger partial charge < -0.3 is 24.6 Å². The zero-order valence-electron chi connectivity index (χ0n) is 20.5.